The van der Waals surface area contributed by atoms with Crippen molar-refractivity contribution in [2.24, 2.45) is 0 Å². The molecule has 0 atom stereocenters. The van der Waals surface area contributed by atoms with Crippen LogP contribution in [0.1, 0.15) is 35.6 Å². The van der Waals surface area contributed by atoms with Crippen molar-refractivity contribution >= 4 is 11.8 Å². The lowest BCUT2D eigenvalue weighted by Gasteiger charge is -2.13. The summed E-state index contributed by atoms with van der Waals surface area (Å²) < 4.78 is 5.84. The van der Waals surface area contributed by atoms with E-state index < -0.39 is 0 Å². The van der Waals surface area contributed by atoms with Crippen LogP contribution in [0.4, 0.5) is 0 Å². The highest BCUT2D eigenvalue weighted by atomic mass is 16.5. The third kappa shape index (κ3) is 7.73. The lowest BCUT2D eigenvalue weighted by atomic mass is 10.00. The highest BCUT2D eigenvalue weighted by molar-refractivity contribution is 6.04. The van der Waals surface area contributed by atoms with Gasteiger partial charge in [0.2, 0.25) is 0 Å². The summed E-state index contributed by atoms with van der Waals surface area (Å²) in [7, 11) is 0. The van der Waals surface area contributed by atoms with E-state index in [2.05, 4.69) is 19.4 Å². The lowest BCUT2D eigenvalue weighted by Crippen LogP contribution is -2.02. The summed E-state index contributed by atoms with van der Waals surface area (Å²) in [6.07, 6.45) is 18.4. The van der Waals surface area contributed by atoms with Gasteiger partial charge in [-0.25, -0.2) is 0 Å². The lowest BCUT2D eigenvalue weighted by molar-refractivity contribution is 0.307. The highest BCUT2D eigenvalue weighted by Crippen LogP contribution is 2.31. The van der Waals surface area contributed by atoms with E-state index in [1.54, 1.807) is 48.6 Å². The molecule has 0 heterocycles. The quantitative estimate of drug-likeness (QED) is 0.127. The molecule has 0 radical (unpaired) electrons. The molecule has 0 saturated heterocycles. The molecule has 0 aliphatic rings. The molecule has 2 rings (SSSR count). The number of hydrogen-bond donors (Lipinski definition) is 4. The molecule has 2 aromatic rings. The molecular formula is C27H31NO4. The molecule has 0 aromatic heterocycles. The average molecular weight is 434 g/mol. The van der Waals surface area contributed by atoms with Crippen LogP contribution < -0.4 is 4.74 Å². The van der Waals surface area contributed by atoms with Gasteiger partial charge in [-0.15, -0.1) is 12.8 Å². The molecule has 168 valence electrons. The monoisotopic (exact) mass is 433 g/mol. The Labute approximate surface area is 190 Å². The van der Waals surface area contributed by atoms with Gasteiger partial charge in [-0.3, -0.25) is 0 Å². The second kappa shape index (κ2) is 13.4. The second-order valence-corrected chi connectivity index (χ2v) is 6.98. The number of ether oxygens (including phenoxy) is 1. The van der Waals surface area contributed by atoms with Crippen LogP contribution in [-0.2, 0) is 12.8 Å². The van der Waals surface area contributed by atoms with E-state index in [0.717, 1.165) is 29.5 Å². The molecule has 4 N–H and O–H groups in total. The molecule has 0 aliphatic heterocycles. The number of phenolic OH excluding ortho intramolecular Hbond substituents is 3. The third-order valence-corrected chi connectivity index (χ3v) is 4.70. The minimum atomic E-state index is -0.111. The van der Waals surface area contributed by atoms with E-state index in [9.17, 15) is 15.3 Å². The van der Waals surface area contributed by atoms with Crippen LogP contribution in [-0.4, -0.2) is 27.6 Å². The van der Waals surface area contributed by atoms with Crippen molar-refractivity contribution in [1.82, 2.24) is 0 Å². The maximum absolute atomic E-state index is 10.3. The van der Waals surface area contributed by atoms with E-state index in [0.29, 0.717) is 30.1 Å². The number of aryl methyl sites for hydroxylation is 3. The van der Waals surface area contributed by atoms with E-state index in [1.807, 2.05) is 19.9 Å². The van der Waals surface area contributed by atoms with Crippen LogP contribution in [0.2, 0.25) is 0 Å². The van der Waals surface area contributed by atoms with Crippen molar-refractivity contribution in [3.63, 3.8) is 0 Å². The van der Waals surface area contributed by atoms with Gasteiger partial charge in [0, 0.05) is 11.6 Å². The molecule has 2 aromatic carbocycles. The summed E-state index contributed by atoms with van der Waals surface area (Å²) in [6.45, 7) is 7.93. The first-order chi connectivity index (χ1) is 15.3. The van der Waals surface area contributed by atoms with Crippen molar-refractivity contribution in [1.29, 1.82) is 5.41 Å². The van der Waals surface area contributed by atoms with Crippen LogP contribution in [0.25, 0.3) is 6.08 Å². The standard InChI is InChI=1S/C25H29NO4.C2H2/c1-4-6-9-21(26)11-10-20-13-17(3)25(16-22(20)27)30-12-7-8-19-15-24(29)23(28)14-18(19)5-2;1-2/h4,6,9-11,13-16,26-29H,1,5,7-8,12H2,2-3H3;1-2H/b9-6-,11-10+,26-21?;. The van der Waals surface area contributed by atoms with Gasteiger partial charge in [0.1, 0.15) is 11.5 Å². The smallest absolute Gasteiger partial charge is 0.157 e. The van der Waals surface area contributed by atoms with Gasteiger partial charge in [0.15, 0.2) is 11.5 Å². The molecule has 0 amide bonds. The van der Waals surface area contributed by atoms with Crippen molar-refractivity contribution in [2.45, 2.75) is 33.1 Å². The fraction of sp³-hybridized carbons (Fsp3) is 0.222. The summed E-state index contributed by atoms with van der Waals surface area (Å²) in [5, 5.41) is 37.4. The number of aromatic hydroxyl groups is 3. The number of hydrogen-bond acceptors (Lipinski definition) is 5. The molecule has 0 fully saturated rings. The first-order valence-electron chi connectivity index (χ1n) is 10.2. The van der Waals surface area contributed by atoms with Gasteiger partial charge in [-0.05, 0) is 79.3 Å². The highest BCUT2D eigenvalue weighted by Gasteiger charge is 2.09. The number of phenols is 3. The maximum Gasteiger partial charge on any atom is 0.157 e. The van der Waals surface area contributed by atoms with Gasteiger partial charge in [0.05, 0.1) is 12.3 Å². The Morgan fingerprint density at radius 2 is 1.69 bits per heavy atom. The topological polar surface area (TPSA) is 93.8 Å². The van der Waals surface area contributed by atoms with Crippen LogP contribution in [0.3, 0.4) is 0 Å². The largest absolute Gasteiger partial charge is 0.507 e. The predicted octanol–water partition coefficient (Wildman–Crippen LogP) is 5.71. The Hall–Kier alpha value is -3.91. The molecular weight excluding hydrogens is 402 g/mol. The normalized spacial score (nSPS) is 10.6. The second-order valence-electron chi connectivity index (χ2n) is 6.98. The van der Waals surface area contributed by atoms with E-state index in [1.165, 1.54) is 0 Å². The van der Waals surface area contributed by atoms with Crippen LogP contribution in [0.15, 0.2) is 55.1 Å². The molecule has 0 saturated carbocycles. The molecule has 0 unspecified atom stereocenters. The van der Waals surface area contributed by atoms with Gasteiger partial charge in [0.25, 0.3) is 0 Å². The summed E-state index contributed by atoms with van der Waals surface area (Å²) >= 11 is 0. The maximum atomic E-state index is 10.3. The van der Waals surface area contributed by atoms with Gasteiger partial charge in [-0.2, -0.15) is 0 Å². The Morgan fingerprint density at radius 1 is 1.03 bits per heavy atom. The molecule has 32 heavy (non-hydrogen) atoms. The first-order valence-corrected chi connectivity index (χ1v) is 10.2. The zero-order chi connectivity index (χ0) is 24.1. The van der Waals surface area contributed by atoms with Crippen LogP contribution in [0.5, 0.6) is 23.0 Å². The third-order valence-electron chi connectivity index (χ3n) is 4.70. The molecule has 0 bridgehead atoms. The Morgan fingerprint density at radius 3 is 2.31 bits per heavy atom. The summed E-state index contributed by atoms with van der Waals surface area (Å²) in [5.74, 6) is 0.485. The van der Waals surface area contributed by atoms with Crippen LogP contribution in [0, 0.1) is 25.2 Å². The van der Waals surface area contributed by atoms with E-state index in [-0.39, 0.29) is 17.2 Å². The van der Waals surface area contributed by atoms with Gasteiger partial charge in [-0.1, -0.05) is 25.7 Å². The minimum Gasteiger partial charge on any atom is -0.507 e. The van der Waals surface area contributed by atoms with Crippen molar-refractivity contribution < 1.29 is 20.1 Å². The Bertz CT molecular complexity index is 1020. The van der Waals surface area contributed by atoms with Gasteiger partial charge >= 0.3 is 0 Å². The minimum absolute atomic E-state index is 0.0871. The molecule has 5 nitrogen and oxygen atoms in total. The fourth-order valence-electron chi connectivity index (χ4n) is 3.07. The number of benzene rings is 2. The number of terminal acetylenes is 1. The molecule has 0 aliphatic carbocycles. The number of allylic oxidation sites excluding steroid dienone is 4. The van der Waals surface area contributed by atoms with Crippen molar-refractivity contribution in [3.8, 4) is 35.8 Å². The van der Waals surface area contributed by atoms with Crippen molar-refractivity contribution in [2.75, 3.05) is 6.61 Å². The summed E-state index contributed by atoms with van der Waals surface area (Å²) in [6, 6.07) is 6.61. The molecule has 0 spiro atoms. The zero-order valence-corrected chi connectivity index (χ0v) is 18.6. The van der Waals surface area contributed by atoms with Crippen molar-refractivity contribution in [3.05, 3.63) is 77.4 Å². The van der Waals surface area contributed by atoms with E-state index >= 15 is 0 Å². The SMILES string of the molecule is C#C.C=C/C=C\C(=N)/C=C/c1cc(C)c(OCCCc2cc(O)c(O)cc2CC)cc1O. The van der Waals surface area contributed by atoms with E-state index in [4.69, 9.17) is 10.1 Å². The average Bonchev–Trinajstić information content (AvgIpc) is 2.79. The number of nitrogens with one attached hydrogen (secondary N) is 1. The molecule has 5 heteroatoms. The Kier molecular flexibility index (Phi) is 10.9. The zero-order valence-electron chi connectivity index (χ0n) is 18.6. The number of rotatable bonds is 10. The van der Waals surface area contributed by atoms with Gasteiger partial charge < -0.3 is 25.5 Å². The first kappa shape index (κ1) is 26.1. The summed E-state index contributed by atoms with van der Waals surface area (Å²) in [5.41, 5.74) is 3.80. The fourth-order valence-corrected chi connectivity index (χ4v) is 3.07. The Balaban J connectivity index is 0.00000249. The summed E-state index contributed by atoms with van der Waals surface area (Å²) in [4.78, 5) is 0. The van der Waals surface area contributed by atoms with Crippen LogP contribution >= 0.6 is 0 Å². The predicted molar refractivity (Wildman–Crippen MR) is 132 cm³/mol.